The van der Waals surface area contributed by atoms with E-state index in [0.717, 1.165) is 55.7 Å². The summed E-state index contributed by atoms with van der Waals surface area (Å²) in [5, 5.41) is 11.0. The van der Waals surface area contributed by atoms with E-state index in [2.05, 4.69) is 35.1 Å². The Balaban J connectivity index is 1.46. The number of carbonyl (C=O) groups excluding carboxylic acids is 3. The first kappa shape index (κ1) is 34.0. The fourth-order valence-electron chi connectivity index (χ4n) is 6.13. The summed E-state index contributed by atoms with van der Waals surface area (Å²) >= 11 is 0. The third kappa shape index (κ3) is 8.66. The summed E-state index contributed by atoms with van der Waals surface area (Å²) in [6.45, 7) is 16.7. The number of imide groups is 1. The van der Waals surface area contributed by atoms with Crippen LogP contribution in [0, 0.1) is 0 Å². The van der Waals surface area contributed by atoms with Crippen LogP contribution in [0.4, 0.5) is 5.82 Å². The molecule has 2 atom stereocenters. The molecular weight excluding hydrogens is 572 g/mol. The Morgan fingerprint density at radius 2 is 1.87 bits per heavy atom. The van der Waals surface area contributed by atoms with Gasteiger partial charge in [-0.3, -0.25) is 34.9 Å². The lowest BCUT2D eigenvalue weighted by molar-refractivity contribution is -0.151. The Labute approximate surface area is 266 Å². The van der Waals surface area contributed by atoms with E-state index in [0.29, 0.717) is 30.6 Å². The number of aromatic hydroxyl groups is 1. The number of nitrogens with zero attached hydrogens (tertiary/aromatic N) is 7. The van der Waals surface area contributed by atoms with Crippen LogP contribution in [0.2, 0.25) is 0 Å². The molecule has 4 rings (SSSR count). The number of aromatic nitrogens is 1. The van der Waals surface area contributed by atoms with Gasteiger partial charge in [0.1, 0.15) is 17.6 Å². The highest BCUT2D eigenvalue weighted by molar-refractivity contribution is 5.95. The number of anilines is 1. The van der Waals surface area contributed by atoms with Gasteiger partial charge in [0, 0.05) is 64.3 Å². The molecule has 0 spiro atoms. The summed E-state index contributed by atoms with van der Waals surface area (Å²) in [6, 6.07) is 12.2. The Morgan fingerprint density at radius 1 is 1.13 bits per heavy atom. The average Bonchev–Trinajstić information content (AvgIpc) is 3.00. The second kappa shape index (κ2) is 15.9. The molecule has 3 N–H and O–H groups in total. The van der Waals surface area contributed by atoms with E-state index in [1.165, 1.54) is 17.1 Å². The molecule has 1 aromatic carbocycles. The van der Waals surface area contributed by atoms with Gasteiger partial charge in [0.15, 0.2) is 0 Å². The molecule has 244 valence electrons. The van der Waals surface area contributed by atoms with Crippen molar-refractivity contribution in [3.8, 4) is 5.75 Å². The molecule has 2 fully saturated rings. The van der Waals surface area contributed by atoms with Gasteiger partial charge in [0.2, 0.25) is 18.2 Å². The van der Waals surface area contributed by atoms with Gasteiger partial charge in [-0.1, -0.05) is 31.2 Å². The van der Waals surface area contributed by atoms with Crippen molar-refractivity contribution in [1.82, 2.24) is 29.6 Å². The van der Waals surface area contributed by atoms with Crippen LogP contribution in [0.15, 0.2) is 55.1 Å². The van der Waals surface area contributed by atoms with E-state index in [1.807, 2.05) is 25.1 Å². The first-order chi connectivity index (χ1) is 21.7. The third-order valence-corrected chi connectivity index (χ3v) is 8.83. The van der Waals surface area contributed by atoms with Crippen molar-refractivity contribution in [1.29, 1.82) is 0 Å². The molecule has 12 nitrogen and oxygen atoms in total. The summed E-state index contributed by atoms with van der Waals surface area (Å²) in [4.78, 5) is 54.3. The monoisotopic (exact) mass is 620 g/mol. The van der Waals surface area contributed by atoms with Crippen molar-refractivity contribution in [2.75, 3.05) is 63.8 Å². The predicted octanol–water partition coefficient (Wildman–Crippen LogP) is 1.31. The fraction of sp³-hybridized carbons (Fsp3) is 0.515. The molecular formula is C33H48N8O4. The summed E-state index contributed by atoms with van der Waals surface area (Å²) in [5.74, 6) is 5.87. The molecule has 2 aliphatic heterocycles. The fourth-order valence-corrected chi connectivity index (χ4v) is 6.13. The second-order valence-electron chi connectivity index (χ2n) is 11.9. The van der Waals surface area contributed by atoms with Crippen LogP contribution in [-0.4, -0.2) is 130 Å². The Bertz CT molecular complexity index is 1300. The van der Waals surface area contributed by atoms with Crippen molar-refractivity contribution in [2.45, 2.75) is 51.9 Å². The van der Waals surface area contributed by atoms with E-state index in [1.54, 1.807) is 23.1 Å². The van der Waals surface area contributed by atoms with Gasteiger partial charge in [0.05, 0.1) is 18.8 Å². The van der Waals surface area contributed by atoms with Gasteiger partial charge in [-0.15, -0.1) is 6.58 Å². The van der Waals surface area contributed by atoms with E-state index in [9.17, 15) is 19.5 Å². The lowest BCUT2D eigenvalue weighted by Gasteiger charge is -2.50. The lowest BCUT2D eigenvalue weighted by Crippen LogP contribution is -2.64. The molecule has 3 amide bonds. The number of phenols is 1. The number of carbonyl (C=O) groups is 3. The van der Waals surface area contributed by atoms with Crippen LogP contribution in [0.5, 0.6) is 5.75 Å². The molecule has 2 saturated heterocycles. The molecule has 3 heterocycles. The number of nitrogens with two attached hydrogens (primary N) is 1. The van der Waals surface area contributed by atoms with E-state index >= 15 is 0 Å². The van der Waals surface area contributed by atoms with E-state index in [-0.39, 0.29) is 37.7 Å². The van der Waals surface area contributed by atoms with Crippen molar-refractivity contribution in [3.63, 3.8) is 0 Å². The van der Waals surface area contributed by atoms with Crippen molar-refractivity contribution in [3.05, 3.63) is 66.4 Å². The van der Waals surface area contributed by atoms with E-state index < -0.39 is 11.9 Å². The highest BCUT2D eigenvalue weighted by atomic mass is 16.3. The molecule has 2 aliphatic rings. The topological polar surface area (TPSA) is 130 Å². The lowest BCUT2D eigenvalue weighted by atomic mass is 10.0. The normalized spacial score (nSPS) is 18.3. The maximum Gasteiger partial charge on any atom is 0.246 e. The van der Waals surface area contributed by atoms with Crippen LogP contribution < -0.4 is 10.7 Å². The number of pyridine rings is 1. The van der Waals surface area contributed by atoms with Crippen molar-refractivity contribution in [2.24, 2.45) is 5.84 Å². The van der Waals surface area contributed by atoms with Crippen LogP contribution in [-0.2, 0) is 27.3 Å². The molecule has 12 heteroatoms. The van der Waals surface area contributed by atoms with Gasteiger partial charge < -0.3 is 14.9 Å². The maximum absolute atomic E-state index is 14.1. The zero-order chi connectivity index (χ0) is 32.5. The van der Waals surface area contributed by atoms with Crippen LogP contribution >= 0.6 is 0 Å². The van der Waals surface area contributed by atoms with Crippen LogP contribution in [0.3, 0.4) is 0 Å². The molecule has 45 heavy (non-hydrogen) atoms. The Morgan fingerprint density at radius 3 is 2.49 bits per heavy atom. The van der Waals surface area contributed by atoms with Gasteiger partial charge in [-0.25, -0.2) is 9.99 Å². The zero-order valence-corrected chi connectivity index (χ0v) is 26.8. The number of benzene rings is 1. The molecule has 0 unspecified atom stereocenters. The van der Waals surface area contributed by atoms with Gasteiger partial charge in [-0.05, 0) is 50.2 Å². The second-order valence-corrected chi connectivity index (χ2v) is 11.9. The number of phenolic OH excluding ortho intramolecular Hbond substituents is 1. The van der Waals surface area contributed by atoms with E-state index in [4.69, 9.17) is 10.8 Å². The first-order valence-electron chi connectivity index (χ1n) is 15.8. The maximum atomic E-state index is 14.1. The van der Waals surface area contributed by atoms with Gasteiger partial charge >= 0.3 is 0 Å². The quantitative estimate of drug-likeness (QED) is 0.130. The summed E-state index contributed by atoms with van der Waals surface area (Å²) in [5.41, 5.74) is 1.42. The first-order valence-corrected chi connectivity index (χ1v) is 15.8. The molecule has 0 aliphatic carbocycles. The van der Waals surface area contributed by atoms with Gasteiger partial charge in [-0.2, -0.15) is 0 Å². The molecule has 0 bridgehead atoms. The highest BCUT2D eigenvalue weighted by Crippen LogP contribution is 2.25. The minimum Gasteiger partial charge on any atom is -0.508 e. The summed E-state index contributed by atoms with van der Waals surface area (Å²) in [6.07, 6.45) is 2.02. The number of likely N-dealkylation sites (N-methyl/N-ethyl adjacent to an activating group) is 2. The van der Waals surface area contributed by atoms with Gasteiger partial charge in [0.25, 0.3) is 0 Å². The minimum atomic E-state index is -1.11. The largest absolute Gasteiger partial charge is 0.508 e. The van der Waals surface area contributed by atoms with Crippen LogP contribution in [0.25, 0.3) is 0 Å². The minimum absolute atomic E-state index is 0.0800. The smallest absolute Gasteiger partial charge is 0.246 e. The highest BCUT2D eigenvalue weighted by Gasteiger charge is 2.36. The SMILES string of the molecule is C=CCN(N)CC(=O)N(C=O)[C@@H](Cc1ccc(O)cc1)C(=O)N(CC)Cc1cccc(N2CC(N3CCN(CC)[C@H](C)C3)C2)n1. The number of rotatable bonds is 15. The number of hydrazine groups is 1. The summed E-state index contributed by atoms with van der Waals surface area (Å²) < 4.78 is 0. The van der Waals surface area contributed by atoms with Crippen molar-refractivity contribution >= 4 is 24.0 Å². The number of amides is 3. The number of piperazine rings is 1. The Hall–Kier alpha value is -3.84. The zero-order valence-electron chi connectivity index (χ0n) is 26.8. The molecule has 0 saturated carbocycles. The predicted molar refractivity (Wildman–Crippen MR) is 174 cm³/mol. The Kier molecular flexibility index (Phi) is 12.1. The molecule has 2 aromatic rings. The summed E-state index contributed by atoms with van der Waals surface area (Å²) in [7, 11) is 0. The van der Waals surface area contributed by atoms with Crippen LogP contribution in [0.1, 0.15) is 32.0 Å². The van der Waals surface area contributed by atoms with Crippen molar-refractivity contribution < 1.29 is 19.5 Å². The molecule has 0 radical (unpaired) electrons. The number of hydrogen-bond acceptors (Lipinski definition) is 10. The number of hydrogen-bond donors (Lipinski definition) is 2. The standard InChI is InChI=1S/C33H48N8O4/c1-5-15-40(34)23-32(44)41(24-42)30(18-26-11-13-29(43)14-12-26)33(45)37(7-3)20-27-9-8-10-31(35-27)39-21-28(22-39)38-17-16-36(6-2)25(4)19-38/h5,8-14,24-25,28,30,43H,1,6-7,15-23,34H2,2-4H3/t25-,30+/m1/s1. The average molecular weight is 621 g/mol. The molecule has 1 aromatic heterocycles. The third-order valence-electron chi connectivity index (χ3n) is 8.83.